The molecule has 0 aromatic rings. The van der Waals surface area contributed by atoms with E-state index in [1.165, 1.54) is 0 Å². The van der Waals surface area contributed by atoms with Gasteiger partial charge in [0.2, 0.25) is 11.8 Å². The standard InChI is InChI=1S/C14H27N3O2.ClH/c1-9-6-7-15-8-11(9)17-12(18)10(2)16-13(19)14(3,4)5;/h9-11,15H,6-8H2,1-5H3,(H,16,19)(H,17,18);1H. The first-order chi connectivity index (χ1) is 8.71. The van der Waals surface area contributed by atoms with Gasteiger partial charge in [-0.15, -0.1) is 12.4 Å². The Morgan fingerprint density at radius 1 is 1.30 bits per heavy atom. The number of amides is 2. The molecule has 1 aliphatic rings. The summed E-state index contributed by atoms with van der Waals surface area (Å²) in [6, 6.07) is -0.351. The summed E-state index contributed by atoms with van der Waals surface area (Å²) >= 11 is 0. The van der Waals surface area contributed by atoms with Crippen LogP contribution >= 0.6 is 12.4 Å². The molecular weight excluding hydrogens is 278 g/mol. The number of hydrogen-bond donors (Lipinski definition) is 3. The number of carbonyl (C=O) groups excluding carboxylic acids is 2. The van der Waals surface area contributed by atoms with Crippen molar-refractivity contribution >= 4 is 24.2 Å². The molecule has 6 heteroatoms. The van der Waals surface area contributed by atoms with Crippen LogP contribution in [0.1, 0.15) is 41.0 Å². The molecule has 0 aliphatic carbocycles. The number of hydrogen-bond acceptors (Lipinski definition) is 3. The summed E-state index contributed by atoms with van der Waals surface area (Å²) in [6.07, 6.45) is 1.06. The summed E-state index contributed by atoms with van der Waals surface area (Å²) in [7, 11) is 0. The van der Waals surface area contributed by atoms with E-state index in [9.17, 15) is 9.59 Å². The molecule has 0 spiro atoms. The van der Waals surface area contributed by atoms with Gasteiger partial charge in [-0.1, -0.05) is 27.7 Å². The number of carbonyl (C=O) groups is 2. The maximum Gasteiger partial charge on any atom is 0.242 e. The molecule has 0 aromatic heterocycles. The number of halogens is 1. The smallest absolute Gasteiger partial charge is 0.242 e. The molecule has 3 atom stereocenters. The van der Waals surface area contributed by atoms with Crippen molar-refractivity contribution in [2.75, 3.05) is 13.1 Å². The molecule has 1 rings (SSSR count). The van der Waals surface area contributed by atoms with Gasteiger partial charge in [0.25, 0.3) is 0 Å². The maximum absolute atomic E-state index is 12.1. The minimum absolute atomic E-state index is 0. The lowest BCUT2D eigenvalue weighted by Gasteiger charge is -2.31. The van der Waals surface area contributed by atoms with Crippen molar-refractivity contribution in [1.82, 2.24) is 16.0 Å². The Hall–Kier alpha value is -0.810. The Morgan fingerprint density at radius 2 is 1.90 bits per heavy atom. The van der Waals surface area contributed by atoms with Crippen LogP contribution in [0, 0.1) is 11.3 Å². The Balaban J connectivity index is 0.00000361. The predicted molar refractivity (Wildman–Crippen MR) is 82.9 cm³/mol. The first-order valence-electron chi connectivity index (χ1n) is 7.04. The second-order valence-corrected chi connectivity index (χ2v) is 6.53. The summed E-state index contributed by atoms with van der Waals surface area (Å²) in [5.74, 6) is 0.249. The quantitative estimate of drug-likeness (QED) is 0.730. The SMILES string of the molecule is CC(NC(=O)C(C)(C)C)C(=O)NC1CNCCC1C.Cl. The lowest BCUT2D eigenvalue weighted by Crippen LogP contribution is -2.55. The summed E-state index contributed by atoms with van der Waals surface area (Å²) in [4.78, 5) is 23.9. The van der Waals surface area contributed by atoms with E-state index in [4.69, 9.17) is 0 Å². The first-order valence-corrected chi connectivity index (χ1v) is 7.04. The highest BCUT2D eigenvalue weighted by molar-refractivity contribution is 5.89. The zero-order valence-electron chi connectivity index (χ0n) is 13.1. The van der Waals surface area contributed by atoms with Crippen molar-refractivity contribution < 1.29 is 9.59 Å². The summed E-state index contributed by atoms with van der Waals surface area (Å²) in [5.41, 5.74) is -0.478. The molecule has 1 saturated heterocycles. The fourth-order valence-electron chi connectivity index (χ4n) is 1.97. The van der Waals surface area contributed by atoms with E-state index < -0.39 is 11.5 Å². The van der Waals surface area contributed by atoms with E-state index in [-0.39, 0.29) is 30.3 Å². The fraction of sp³-hybridized carbons (Fsp3) is 0.857. The molecule has 1 fully saturated rings. The van der Waals surface area contributed by atoms with Crippen molar-refractivity contribution in [2.45, 2.75) is 53.1 Å². The molecule has 20 heavy (non-hydrogen) atoms. The van der Waals surface area contributed by atoms with Gasteiger partial charge < -0.3 is 16.0 Å². The van der Waals surface area contributed by atoms with Crippen LogP contribution in [0.25, 0.3) is 0 Å². The van der Waals surface area contributed by atoms with E-state index >= 15 is 0 Å². The van der Waals surface area contributed by atoms with Gasteiger partial charge in [0.1, 0.15) is 6.04 Å². The van der Waals surface area contributed by atoms with Crippen molar-refractivity contribution in [3.8, 4) is 0 Å². The lowest BCUT2D eigenvalue weighted by atomic mass is 9.94. The molecule has 118 valence electrons. The third kappa shape index (κ3) is 5.67. The highest BCUT2D eigenvalue weighted by Crippen LogP contribution is 2.13. The molecule has 0 bridgehead atoms. The van der Waals surface area contributed by atoms with Gasteiger partial charge in [-0.25, -0.2) is 0 Å². The third-order valence-corrected chi connectivity index (χ3v) is 3.58. The minimum atomic E-state index is -0.499. The summed E-state index contributed by atoms with van der Waals surface area (Å²) in [6.45, 7) is 11.2. The molecule has 0 saturated carbocycles. The van der Waals surface area contributed by atoms with Gasteiger partial charge in [-0.3, -0.25) is 9.59 Å². The van der Waals surface area contributed by atoms with E-state index in [1.54, 1.807) is 6.92 Å². The summed E-state index contributed by atoms with van der Waals surface area (Å²) < 4.78 is 0. The number of rotatable bonds is 3. The van der Waals surface area contributed by atoms with Gasteiger partial charge in [-0.05, 0) is 25.8 Å². The highest BCUT2D eigenvalue weighted by Gasteiger charge is 2.28. The van der Waals surface area contributed by atoms with Crippen LogP contribution in [0.5, 0.6) is 0 Å². The second-order valence-electron chi connectivity index (χ2n) is 6.53. The minimum Gasteiger partial charge on any atom is -0.350 e. The topological polar surface area (TPSA) is 70.2 Å². The summed E-state index contributed by atoms with van der Waals surface area (Å²) in [5, 5.41) is 9.03. The molecule has 0 aromatic carbocycles. The molecular formula is C14H28ClN3O2. The van der Waals surface area contributed by atoms with E-state index in [0.29, 0.717) is 5.92 Å². The van der Waals surface area contributed by atoms with Crippen molar-refractivity contribution in [1.29, 1.82) is 0 Å². The molecule has 5 nitrogen and oxygen atoms in total. The normalized spacial score (nSPS) is 24.2. The van der Waals surface area contributed by atoms with Gasteiger partial charge in [0.15, 0.2) is 0 Å². The molecule has 0 radical (unpaired) electrons. The monoisotopic (exact) mass is 305 g/mol. The second kappa shape index (κ2) is 7.84. The zero-order valence-corrected chi connectivity index (χ0v) is 13.9. The molecule has 1 heterocycles. The zero-order chi connectivity index (χ0) is 14.6. The van der Waals surface area contributed by atoms with Crippen LogP contribution in [-0.2, 0) is 9.59 Å². The molecule has 3 N–H and O–H groups in total. The van der Waals surface area contributed by atoms with Crippen LogP contribution in [0.3, 0.4) is 0 Å². The van der Waals surface area contributed by atoms with Crippen LogP contribution in [0.4, 0.5) is 0 Å². The highest BCUT2D eigenvalue weighted by atomic mass is 35.5. The lowest BCUT2D eigenvalue weighted by molar-refractivity contribution is -0.133. The Kier molecular flexibility index (Phi) is 7.52. The first kappa shape index (κ1) is 19.2. The largest absolute Gasteiger partial charge is 0.350 e. The maximum atomic E-state index is 12.1. The van der Waals surface area contributed by atoms with E-state index in [2.05, 4.69) is 22.9 Å². The van der Waals surface area contributed by atoms with Crippen molar-refractivity contribution in [2.24, 2.45) is 11.3 Å². The van der Waals surface area contributed by atoms with Crippen LogP contribution in [-0.4, -0.2) is 37.0 Å². The number of piperidine rings is 1. The number of nitrogens with one attached hydrogen (secondary N) is 3. The average molecular weight is 306 g/mol. The molecule has 2 amide bonds. The fourth-order valence-corrected chi connectivity index (χ4v) is 1.97. The Bertz CT molecular complexity index is 342. The van der Waals surface area contributed by atoms with Crippen molar-refractivity contribution in [3.63, 3.8) is 0 Å². The predicted octanol–water partition coefficient (Wildman–Crippen LogP) is 1.07. The van der Waals surface area contributed by atoms with Gasteiger partial charge in [0, 0.05) is 18.0 Å². The molecule has 3 unspecified atom stereocenters. The van der Waals surface area contributed by atoms with Gasteiger partial charge in [0.05, 0.1) is 0 Å². The van der Waals surface area contributed by atoms with Gasteiger partial charge in [-0.2, -0.15) is 0 Å². The third-order valence-electron chi connectivity index (χ3n) is 3.58. The molecule has 1 aliphatic heterocycles. The van der Waals surface area contributed by atoms with Gasteiger partial charge >= 0.3 is 0 Å². The van der Waals surface area contributed by atoms with Crippen molar-refractivity contribution in [3.05, 3.63) is 0 Å². The average Bonchev–Trinajstić information content (AvgIpc) is 2.30. The van der Waals surface area contributed by atoms with Crippen LogP contribution in [0.15, 0.2) is 0 Å². The van der Waals surface area contributed by atoms with Crippen LogP contribution in [0.2, 0.25) is 0 Å². The Labute approximate surface area is 128 Å². The van der Waals surface area contributed by atoms with Crippen LogP contribution < -0.4 is 16.0 Å². The van der Waals surface area contributed by atoms with E-state index in [1.807, 2.05) is 20.8 Å². The Morgan fingerprint density at radius 3 is 2.40 bits per heavy atom. The van der Waals surface area contributed by atoms with E-state index in [0.717, 1.165) is 19.5 Å².